The van der Waals surface area contributed by atoms with Gasteiger partial charge in [-0.15, -0.1) is 6.58 Å². The van der Waals surface area contributed by atoms with Gasteiger partial charge in [-0.2, -0.15) is 0 Å². The van der Waals surface area contributed by atoms with Crippen LogP contribution in [0.3, 0.4) is 0 Å². The highest BCUT2D eigenvalue weighted by Gasteiger charge is 2.16. The van der Waals surface area contributed by atoms with Gasteiger partial charge in [0.15, 0.2) is 0 Å². The molecule has 1 atom stereocenters. The maximum absolute atomic E-state index is 11.8. The first-order valence-corrected chi connectivity index (χ1v) is 5.23. The highest BCUT2D eigenvalue weighted by molar-refractivity contribution is 5.83. The Labute approximate surface area is 91.0 Å². The van der Waals surface area contributed by atoms with Crippen LogP contribution in [0.1, 0.15) is 24.8 Å². The first-order valence-electron chi connectivity index (χ1n) is 5.23. The summed E-state index contributed by atoms with van der Waals surface area (Å²) in [6.45, 7) is 6.12. The Kier molecular flexibility index (Phi) is 4.61. The second-order valence-corrected chi connectivity index (χ2v) is 3.41. The fourth-order valence-corrected chi connectivity index (χ4v) is 1.55. The van der Waals surface area contributed by atoms with E-state index in [2.05, 4.69) is 11.9 Å². The van der Waals surface area contributed by atoms with Crippen LogP contribution in [0.5, 0.6) is 0 Å². The van der Waals surface area contributed by atoms with Crippen LogP contribution < -0.4 is 5.32 Å². The first kappa shape index (κ1) is 11.5. The predicted octanol–water partition coefficient (Wildman–Crippen LogP) is 2.48. The van der Waals surface area contributed by atoms with Gasteiger partial charge in [0.05, 0.1) is 5.92 Å². The Balaban J connectivity index is 2.71. The molecular formula is C13H17NO. The SMILES string of the molecule is C=CCNC(=O)C(CC)c1ccccc1. The summed E-state index contributed by atoms with van der Waals surface area (Å²) < 4.78 is 0. The summed E-state index contributed by atoms with van der Waals surface area (Å²) in [5.74, 6) is 0.0229. The maximum atomic E-state index is 11.8. The molecule has 1 aromatic carbocycles. The van der Waals surface area contributed by atoms with Gasteiger partial charge in [-0.05, 0) is 12.0 Å². The van der Waals surface area contributed by atoms with Crippen molar-refractivity contribution < 1.29 is 4.79 Å². The van der Waals surface area contributed by atoms with Crippen molar-refractivity contribution in [1.29, 1.82) is 0 Å². The van der Waals surface area contributed by atoms with E-state index in [1.807, 2.05) is 37.3 Å². The van der Waals surface area contributed by atoms with Gasteiger partial charge >= 0.3 is 0 Å². The zero-order valence-corrected chi connectivity index (χ0v) is 9.07. The summed E-state index contributed by atoms with van der Waals surface area (Å²) in [5.41, 5.74) is 1.07. The number of nitrogens with one attached hydrogen (secondary N) is 1. The summed E-state index contributed by atoms with van der Waals surface area (Å²) in [6, 6.07) is 9.85. The van der Waals surface area contributed by atoms with Crippen LogP contribution in [0.15, 0.2) is 43.0 Å². The topological polar surface area (TPSA) is 29.1 Å². The van der Waals surface area contributed by atoms with Crippen LogP contribution in [0, 0.1) is 0 Å². The molecular weight excluding hydrogens is 186 g/mol. The molecule has 1 N–H and O–H groups in total. The molecule has 0 radical (unpaired) electrons. The fourth-order valence-electron chi connectivity index (χ4n) is 1.55. The third-order valence-electron chi connectivity index (χ3n) is 2.35. The Morgan fingerprint density at radius 1 is 1.47 bits per heavy atom. The van der Waals surface area contributed by atoms with E-state index < -0.39 is 0 Å². The summed E-state index contributed by atoms with van der Waals surface area (Å²) >= 11 is 0. The smallest absolute Gasteiger partial charge is 0.227 e. The normalized spacial score (nSPS) is 11.8. The van der Waals surface area contributed by atoms with Gasteiger partial charge in [0, 0.05) is 6.54 Å². The van der Waals surface area contributed by atoms with Gasteiger partial charge in [0.25, 0.3) is 0 Å². The molecule has 0 aliphatic heterocycles. The molecule has 0 aliphatic rings. The lowest BCUT2D eigenvalue weighted by atomic mass is 9.96. The van der Waals surface area contributed by atoms with Gasteiger partial charge in [-0.25, -0.2) is 0 Å². The second kappa shape index (κ2) is 6.02. The summed E-state index contributed by atoms with van der Waals surface area (Å²) in [6.07, 6.45) is 2.50. The molecule has 1 unspecified atom stereocenters. The molecule has 1 rings (SSSR count). The van der Waals surface area contributed by atoms with Gasteiger partial charge in [0.2, 0.25) is 5.91 Å². The van der Waals surface area contributed by atoms with Crippen molar-refractivity contribution in [2.45, 2.75) is 19.3 Å². The van der Waals surface area contributed by atoms with Crippen molar-refractivity contribution in [3.63, 3.8) is 0 Å². The molecule has 0 spiro atoms. The van der Waals surface area contributed by atoms with E-state index in [1.54, 1.807) is 6.08 Å². The van der Waals surface area contributed by atoms with Crippen molar-refractivity contribution in [2.75, 3.05) is 6.54 Å². The number of amides is 1. The van der Waals surface area contributed by atoms with E-state index in [1.165, 1.54) is 0 Å². The van der Waals surface area contributed by atoms with Gasteiger partial charge in [0.1, 0.15) is 0 Å². The van der Waals surface area contributed by atoms with Crippen LogP contribution >= 0.6 is 0 Å². The average molecular weight is 203 g/mol. The van der Waals surface area contributed by atoms with Gasteiger partial charge in [-0.1, -0.05) is 43.3 Å². The lowest BCUT2D eigenvalue weighted by Gasteiger charge is -2.14. The first-order chi connectivity index (χ1) is 7.29. The molecule has 0 fully saturated rings. The number of carbonyl (C=O) groups is 1. The number of hydrogen-bond donors (Lipinski definition) is 1. The molecule has 0 heterocycles. The molecule has 15 heavy (non-hydrogen) atoms. The maximum Gasteiger partial charge on any atom is 0.227 e. The molecule has 80 valence electrons. The number of hydrogen-bond acceptors (Lipinski definition) is 1. The summed E-state index contributed by atoms with van der Waals surface area (Å²) in [4.78, 5) is 11.8. The Bertz CT molecular complexity index is 319. The minimum Gasteiger partial charge on any atom is -0.352 e. The fraction of sp³-hybridized carbons (Fsp3) is 0.308. The highest BCUT2D eigenvalue weighted by Crippen LogP contribution is 2.18. The van der Waals surface area contributed by atoms with Crippen LogP contribution in [-0.2, 0) is 4.79 Å². The van der Waals surface area contributed by atoms with E-state index >= 15 is 0 Å². The van der Waals surface area contributed by atoms with E-state index in [9.17, 15) is 4.79 Å². The minimum absolute atomic E-state index is 0.0499. The van der Waals surface area contributed by atoms with Crippen molar-refractivity contribution in [3.8, 4) is 0 Å². The molecule has 1 aromatic rings. The molecule has 2 heteroatoms. The molecule has 0 saturated carbocycles. The Morgan fingerprint density at radius 3 is 2.67 bits per heavy atom. The zero-order valence-electron chi connectivity index (χ0n) is 9.07. The molecule has 0 aromatic heterocycles. The lowest BCUT2D eigenvalue weighted by Crippen LogP contribution is -2.29. The van der Waals surface area contributed by atoms with Crippen LogP contribution in [-0.4, -0.2) is 12.5 Å². The quantitative estimate of drug-likeness (QED) is 0.732. The number of benzene rings is 1. The highest BCUT2D eigenvalue weighted by atomic mass is 16.1. The predicted molar refractivity (Wildman–Crippen MR) is 62.7 cm³/mol. The molecule has 0 bridgehead atoms. The van der Waals surface area contributed by atoms with Crippen molar-refractivity contribution in [1.82, 2.24) is 5.32 Å². The van der Waals surface area contributed by atoms with Crippen molar-refractivity contribution >= 4 is 5.91 Å². The third kappa shape index (κ3) is 3.24. The van der Waals surface area contributed by atoms with Gasteiger partial charge in [-0.3, -0.25) is 4.79 Å². The Hall–Kier alpha value is -1.57. The van der Waals surface area contributed by atoms with E-state index in [0.29, 0.717) is 6.54 Å². The van der Waals surface area contributed by atoms with Crippen LogP contribution in [0.4, 0.5) is 0 Å². The number of rotatable bonds is 5. The monoisotopic (exact) mass is 203 g/mol. The van der Waals surface area contributed by atoms with Crippen LogP contribution in [0.2, 0.25) is 0 Å². The number of carbonyl (C=O) groups excluding carboxylic acids is 1. The van der Waals surface area contributed by atoms with E-state index in [4.69, 9.17) is 0 Å². The molecule has 0 aliphatic carbocycles. The largest absolute Gasteiger partial charge is 0.352 e. The van der Waals surface area contributed by atoms with E-state index in [-0.39, 0.29) is 11.8 Å². The average Bonchev–Trinajstić information content (AvgIpc) is 2.29. The molecule has 0 saturated heterocycles. The van der Waals surface area contributed by atoms with Crippen molar-refractivity contribution in [3.05, 3.63) is 48.6 Å². The molecule has 1 amide bonds. The standard InChI is InChI=1S/C13H17NO/c1-3-10-14-13(15)12(4-2)11-8-6-5-7-9-11/h3,5-9,12H,1,4,10H2,2H3,(H,14,15). The summed E-state index contributed by atoms with van der Waals surface area (Å²) in [7, 11) is 0. The Morgan fingerprint density at radius 2 is 2.13 bits per heavy atom. The second-order valence-electron chi connectivity index (χ2n) is 3.41. The van der Waals surface area contributed by atoms with Gasteiger partial charge < -0.3 is 5.32 Å². The molecule has 2 nitrogen and oxygen atoms in total. The minimum atomic E-state index is -0.0499. The van der Waals surface area contributed by atoms with E-state index in [0.717, 1.165) is 12.0 Å². The summed E-state index contributed by atoms with van der Waals surface area (Å²) in [5, 5.41) is 2.82. The van der Waals surface area contributed by atoms with Crippen LogP contribution in [0.25, 0.3) is 0 Å². The third-order valence-corrected chi connectivity index (χ3v) is 2.35. The van der Waals surface area contributed by atoms with Crippen molar-refractivity contribution in [2.24, 2.45) is 0 Å². The zero-order chi connectivity index (χ0) is 11.1. The lowest BCUT2D eigenvalue weighted by molar-refractivity contribution is -0.122.